The number of nitrogens with one attached hydrogen (secondary N) is 1. The Bertz CT molecular complexity index is 610. The molecule has 0 saturated carbocycles. The topological polar surface area (TPSA) is 69.7 Å². The molecule has 1 fully saturated rings. The Kier molecular flexibility index (Phi) is 7.28. The quantitative estimate of drug-likeness (QED) is 0.778. The van der Waals surface area contributed by atoms with Gasteiger partial charge < -0.3 is 10.2 Å². The maximum absolute atomic E-state index is 12.4. The molecule has 126 valence electrons. The van der Waals surface area contributed by atoms with E-state index in [2.05, 4.69) is 21.2 Å². The summed E-state index contributed by atoms with van der Waals surface area (Å²) in [6.07, 6.45) is 0. The van der Waals surface area contributed by atoms with Crippen molar-refractivity contribution in [3.63, 3.8) is 0 Å². The van der Waals surface area contributed by atoms with Crippen LogP contribution in [0.4, 0.5) is 0 Å². The van der Waals surface area contributed by atoms with Gasteiger partial charge in [-0.1, -0.05) is 0 Å². The molecule has 10 heteroatoms. The molecule has 0 unspecified atom stereocenters. The molecule has 6 nitrogen and oxygen atoms in total. The maximum Gasteiger partial charge on any atom is 0.252 e. The van der Waals surface area contributed by atoms with E-state index in [4.69, 9.17) is 0 Å². The fourth-order valence-corrected chi connectivity index (χ4v) is 5.56. The minimum Gasteiger partial charge on any atom is -0.339 e. The number of halogens is 2. The SMILES string of the molecule is Cc1cc(S(=O)(=O)N(C)CC(=O)N2CCNCC2)sc1Br.Cl. The number of sulfonamides is 1. The third-order valence-corrected chi connectivity index (χ3v) is 7.72. The number of likely N-dealkylation sites (N-methyl/N-ethyl adjacent to an activating group) is 1. The van der Waals surface area contributed by atoms with Gasteiger partial charge in [0.1, 0.15) is 4.21 Å². The first-order valence-corrected chi connectivity index (χ1v) is 9.58. The summed E-state index contributed by atoms with van der Waals surface area (Å²) in [5.41, 5.74) is 0.875. The highest BCUT2D eigenvalue weighted by Crippen LogP contribution is 2.31. The van der Waals surface area contributed by atoms with Crippen molar-refractivity contribution in [2.75, 3.05) is 39.8 Å². The molecule has 0 bridgehead atoms. The summed E-state index contributed by atoms with van der Waals surface area (Å²) in [6.45, 7) is 4.45. The second kappa shape index (κ2) is 8.07. The average molecular weight is 433 g/mol. The molecule has 1 aliphatic heterocycles. The van der Waals surface area contributed by atoms with E-state index < -0.39 is 10.0 Å². The molecule has 0 atom stereocenters. The van der Waals surface area contributed by atoms with E-state index in [1.807, 2.05) is 6.92 Å². The minimum absolute atomic E-state index is 0. The van der Waals surface area contributed by atoms with E-state index in [9.17, 15) is 13.2 Å². The third-order valence-electron chi connectivity index (χ3n) is 3.33. The average Bonchev–Trinajstić information content (AvgIpc) is 2.80. The molecular formula is C12H19BrClN3O3S2. The van der Waals surface area contributed by atoms with Crippen molar-refractivity contribution >= 4 is 55.6 Å². The predicted molar refractivity (Wildman–Crippen MR) is 93.3 cm³/mol. The predicted octanol–water partition coefficient (Wildman–Crippen LogP) is 1.29. The molecular weight excluding hydrogens is 414 g/mol. The van der Waals surface area contributed by atoms with Crippen LogP contribution in [0.1, 0.15) is 5.56 Å². The molecule has 0 radical (unpaired) electrons. The van der Waals surface area contributed by atoms with Crippen molar-refractivity contribution < 1.29 is 13.2 Å². The van der Waals surface area contributed by atoms with Gasteiger partial charge in [0, 0.05) is 33.2 Å². The van der Waals surface area contributed by atoms with Gasteiger partial charge in [0.2, 0.25) is 5.91 Å². The number of piperazine rings is 1. The van der Waals surface area contributed by atoms with Gasteiger partial charge in [0.15, 0.2) is 0 Å². The zero-order chi connectivity index (χ0) is 15.6. The number of amides is 1. The van der Waals surface area contributed by atoms with Crippen LogP contribution in [0.2, 0.25) is 0 Å². The molecule has 1 aromatic rings. The molecule has 0 aliphatic carbocycles. The summed E-state index contributed by atoms with van der Waals surface area (Å²) < 4.78 is 27.1. The van der Waals surface area contributed by atoms with Crippen LogP contribution in [0.25, 0.3) is 0 Å². The molecule has 1 aromatic heterocycles. The van der Waals surface area contributed by atoms with Crippen molar-refractivity contribution in [1.29, 1.82) is 0 Å². The van der Waals surface area contributed by atoms with Gasteiger partial charge in [-0.25, -0.2) is 8.42 Å². The Morgan fingerprint density at radius 1 is 1.45 bits per heavy atom. The second-order valence-electron chi connectivity index (χ2n) is 4.91. The van der Waals surface area contributed by atoms with Gasteiger partial charge in [-0.15, -0.1) is 23.7 Å². The monoisotopic (exact) mass is 431 g/mol. The van der Waals surface area contributed by atoms with E-state index in [0.717, 1.165) is 38.1 Å². The van der Waals surface area contributed by atoms with Crippen LogP contribution in [-0.4, -0.2) is 63.3 Å². The lowest BCUT2D eigenvalue weighted by Crippen LogP contribution is -2.49. The van der Waals surface area contributed by atoms with Gasteiger partial charge in [0.05, 0.1) is 10.3 Å². The zero-order valence-corrected chi connectivity index (χ0v) is 16.4. The Hall–Kier alpha value is -0.190. The second-order valence-corrected chi connectivity index (χ2v) is 9.56. The lowest BCUT2D eigenvalue weighted by Gasteiger charge is -2.28. The third kappa shape index (κ3) is 4.42. The minimum atomic E-state index is -3.62. The molecule has 2 heterocycles. The van der Waals surface area contributed by atoms with Crippen LogP contribution >= 0.6 is 39.7 Å². The first-order chi connectivity index (χ1) is 9.82. The van der Waals surface area contributed by atoms with E-state index in [1.54, 1.807) is 11.0 Å². The Morgan fingerprint density at radius 2 is 2.05 bits per heavy atom. The Labute approximate surface area is 149 Å². The molecule has 1 aliphatic rings. The standard InChI is InChI=1S/C12H18BrN3O3S2.ClH/c1-9-7-11(20-12(9)13)21(18,19)15(2)8-10(17)16-5-3-14-4-6-16;/h7,14H,3-6,8H2,1-2H3;1H. The first-order valence-electron chi connectivity index (χ1n) is 6.53. The fourth-order valence-electron chi connectivity index (χ4n) is 2.00. The Balaban J connectivity index is 0.00000242. The number of thiophene rings is 1. The lowest BCUT2D eigenvalue weighted by atomic mass is 10.3. The molecule has 1 N–H and O–H groups in total. The highest BCUT2D eigenvalue weighted by molar-refractivity contribution is 9.11. The van der Waals surface area contributed by atoms with Crippen LogP contribution in [0.5, 0.6) is 0 Å². The van der Waals surface area contributed by atoms with Crippen LogP contribution in [0.15, 0.2) is 14.1 Å². The number of carbonyl (C=O) groups excluding carboxylic acids is 1. The van der Waals surface area contributed by atoms with Crippen molar-refractivity contribution in [3.8, 4) is 0 Å². The summed E-state index contributed by atoms with van der Waals surface area (Å²) >= 11 is 4.49. The normalized spacial score (nSPS) is 15.7. The molecule has 1 saturated heterocycles. The fraction of sp³-hybridized carbons (Fsp3) is 0.583. The lowest BCUT2D eigenvalue weighted by molar-refractivity contribution is -0.131. The highest BCUT2D eigenvalue weighted by Gasteiger charge is 2.27. The maximum atomic E-state index is 12.4. The Morgan fingerprint density at radius 3 is 2.55 bits per heavy atom. The van der Waals surface area contributed by atoms with Gasteiger partial charge in [-0.05, 0) is 34.5 Å². The number of hydrogen-bond acceptors (Lipinski definition) is 5. The van der Waals surface area contributed by atoms with Crippen molar-refractivity contribution in [2.45, 2.75) is 11.1 Å². The molecule has 0 aromatic carbocycles. The van der Waals surface area contributed by atoms with Crippen molar-refractivity contribution in [2.24, 2.45) is 0 Å². The van der Waals surface area contributed by atoms with Crippen LogP contribution in [0, 0.1) is 6.92 Å². The van der Waals surface area contributed by atoms with Crippen molar-refractivity contribution in [1.82, 2.24) is 14.5 Å². The van der Waals surface area contributed by atoms with Crippen LogP contribution in [0.3, 0.4) is 0 Å². The summed E-state index contributed by atoms with van der Waals surface area (Å²) in [7, 11) is -2.17. The van der Waals surface area contributed by atoms with Crippen LogP contribution in [-0.2, 0) is 14.8 Å². The van der Waals surface area contributed by atoms with E-state index in [0.29, 0.717) is 13.1 Å². The van der Waals surface area contributed by atoms with E-state index in [1.165, 1.54) is 7.05 Å². The van der Waals surface area contributed by atoms with E-state index >= 15 is 0 Å². The van der Waals surface area contributed by atoms with Crippen molar-refractivity contribution in [3.05, 3.63) is 15.4 Å². The number of carbonyl (C=O) groups is 1. The van der Waals surface area contributed by atoms with Gasteiger partial charge in [-0.3, -0.25) is 4.79 Å². The molecule has 22 heavy (non-hydrogen) atoms. The van der Waals surface area contributed by atoms with Gasteiger partial charge in [0.25, 0.3) is 10.0 Å². The molecule has 0 spiro atoms. The zero-order valence-electron chi connectivity index (χ0n) is 12.3. The number of aryl methyl sites for hydroxylation is 1. The first kappa shape index (κ1) is 19.9. The molecule has 2 rings (SSSR count). The summed E-state index contributed by atoms with van der Waals surface area (Å²) in [4.78, 5) is 13.8. The number of rotatable bonds is 4. The number of nitrogens with zero attached hydrogens (tertiary/aromatic N) is 2. The van der Waals surface area contributed by atoms with Gasteiger partial charge in [-0.2, -0.15) is 4.31 Å². The van der Waals surface area contributed by atoms with E-state index in [-0.39, 0.29) is 29.1 Å². The summed E-state index contributed by atoms with van der Waals surface area (Å²) in [6, 6.07) is 1.62. The summed E-state index contributed by atoms with van der Waals surface area (Å²) in [5, 5.41) is 3.16. The van der Waals surface area contributed by atoms with Gasteiger partial charge >= 0.3 is 0 Å². The highest BCUT2D eigenvalue weighted by atomic mass is 79.9. The number of hydrogen-bond donors (Lipinski definition) is 1. The summed E-state index contributed by atoms with van der Waals surface area (Å²) in [5.74, 6) is -0.157. The largest absolute Gasteiger partial charge is 0.339 e. The van der Waals surface area contributed by atoms with Crippen LogP contribution < -0.4 is 5.32 Å². The smallest absolute Gasteiger partial charge is 0.252 e. The molecule has 1 amide bonds.